The second-order valence-corrected chi connectivity index (χ2v) is 4.74. The molecule has 0 aromatic carbocycles. The Bertz CT molecular complexity index is 385. The van der Waals surface area contributed by atoms with Crippen molar-refractivity contribution in [2.24, 2.45) is 0 Å². The van der Waals surface area contributed by atoms with E-state index in [4.69, 9.17) is 9.47 Å². The molecule has 106 valence electrons. The number of methoxy groups -OCH3 is 2. The number of nitrogens with one attached hydrogen (secondary N) is 2. The summed E-state index contributed by atoms with van der Waals surface area (Å²) < 4.78 is 10.3. The first-order valence-corrected chi connectivity index (χ1v) is 6.61. The fourth-order valence-corrected chi connectivity index (χ4v) is 1.73. The molecule has 0 aliphatic heterocycles. The molecule has 1 aromatic rings. The van der Waals surface area contributed by atoms with E-state index in [1.165, 1.54) is 12.8 Å². The van der Waals surface area contributed by atoms with Gasteiger partial charge >= 0.3 is 0 Å². The molecule has 0 saturated heterocycles. The maximum atomic E-state index is 5.28. The van der Waals surface area contributed by atoms with E-state index in [0.717, 1.165) is 18.1 Å². The number of nitrogens with zero attached hydrogens (tertiary/aromatic N) is 2. The Kier molecular flexibility index (Phi) is 5.50. The Balaban J connectivity index is 1.79. The zero-order chi connectivity index (χ0) is 13.5. The van der Waals surface area contributed by atoms with E-state index in [0.29, 0.717) is 19.2 Å². The van der Waals surface area contributed by atoms with Gasteiger partial charge in [-0.25, -0.2) is 4.98 Å². The minimum Gasteiger partial charge on any atom is -0.382 e. The van der Waals surface area contributed by atoms with Gasteiger partial charge in [0, 0.05) is 39.5 Å². The smallest absolute Gasteiger partial charge is 0.144 e. The van der Waals surface area contributed by atoms with E-state index >= 15 is 0 Å². The van der Waals surface area contributed by atoms with Crippen molar-refractivity contribution in [2.45, 2.75) is 31.5 Å². The summed E-state index contributed by atoms with van der Waals surface area (Å²) in [5.74, 6) is 0.772. The maximum Gasteiger partial charge on any atom is 0.144 e. The number of aromatic nitrogens is 2. The topological polar surface area (TPSA) is 68.3 Å². The molecule has 1 atom stereocenters. The molecule has 1 fully saturated rings. The van der Waals surface area contributed by atoms with Crippen molar-refractivity contribution in [3.63, 3.8) is 0 Å². The maximum absolute atomic E-state index is 5.28. The molecule has 2 rings (SSSR count). The minimum atomic E-state index is 0.0139. The van der Waals surface area contributed by atoms with Crippen LogP contribution in [-0.2, 0) is 16.0 Å². The van der Waals surface area contributed by atoms with Crippen molar-refractivity contribution in [3.05, 3.63) is 18.1 Å². The quantitative estimate of drug-likeness (QED) is 0.689. The van der Waals surface area contributed by atoms with Gasteiger partial charge < -0.3 is 20.1 Å². The number of ether oxygens (including phenoxy) is 2. The summed E-state index contributed by atoms with van der Waals surface area (Å²) in [6.45, 7) is 1.98. The molecule has 1 unspecified atom stereocenters. The van der Waals surface area contributed by atoms with Crippen LogP contribution < -0.4 is 10.6 Å². The average molecular weight is 266 g/mol. The third-order valence-corrected chi connectivity index (χ3v) is 3.03. The first-order chi connectivity index (χ1) is 9.31. The zero-order valence-electron chi connectivity index (χ0n) is 11.6. The first kappa shape index (κ1) is 14.2. The molecule has 6 nitrogen and oxygen atoms in total. The highest BCUT2D eigenvalue weighted by Crippen LogP contribution is 2.19. The Morgan fingerprint density at radius 1 is 1.37 bits per heavy atom. The predicted molar refractivity (Wildman–Crippen MR) is 73.1 cm³/mol. The highest BCUT2D eigenvalue weighted by atomic mass is 16.5. The van der Waals surface area contributed by atoms with Gasteiger partial charge in [-0.2, -0.15) is 0 Å². The van der Waals surface area contributed by atoms with E-state index in [2.05, 4.69) is 20.6 Å². The lowest BCUT2D eigenvalue weighted by Crippen LogP contribution is -2.27. The van der Waals surface area contributed by atoms with Crippen molar-refractivity contribution < 1.29 is 9.47 Å². The van der Waals surface area contributed by atoms with Crippen LogP contribution in [0, 0.1) is 0 Å². The van der Waals surface area contributed by atoms with Crippen LogP contribution in [0.5, 0.6) is 0 Å². The summed E-state index contributed by atoms with van der Waals surface area (Å²) in [5, 5.41) is 6.64. The van der Waals surface area contributed by atoms with Gasteiger partial charge in [-0.1, -0.05) is 0 Å². The molecule has 6 heteroatoms. The molecule has 1 aromatic heterocycles. The molecular formula is C13H22N4O2. The number of anilines is 1. The molecule has 1 heterocycles. The zero-order valence-corrected chi connectivity index (χ0v) is 11.6. The van der Waals surface area contributed by atoms with Gasteiger partial charge in [0.1, 0.15) is 5.82 Å². The lowest BCUT2D eigenvalue weighted by molar-refractivity contribution is 0.0365. The van der Waals surface area contributed by atoms with Crippen LogP contribution in [0.3, 0.4) is 0 Å². The van der Waals surface area contributed by atoms with Crippen LogP contribution in [0.2, 0.25) is 0 Å². The number of rotatable bonds is 9. The van der Waals surface area contributed by atoms with Gasteiger partial charge in [0.25, 0.3) is 0 Å². The van der Waals surface area contributed by atoms with Gasteiger partial charge in [0.05, 0.1) is 24.6 Å². The van der Waals surface area contributed by atoms with E-state index in [1.54, 1.807) is 26.6 Å². The van der Waals surface area contributed by atoms with Crippen molar-refractivity contribution in [2.75, 3.05) is 32.7 Å². The molecule has 19 heavy (non-hydrogen) atoms. The summed E-state index contributed by atoms with van der Waals surface area (Å²) >= 11 is 0. The predicted octanol–water partition coefficient (Wildman–Crippen LogP) is 0.802. The Labute approximate surface area is 113 Å². The highest BCUT2D eigenvalue weighted by molar-refractivity contribution is 5.31. The summed E-state index contributed by atoms with van der Waals surface area (Å²) in [6.07, 6.45) is 6.08. The second-order valence-electron chi connectivity index (χ2n) is 4.74. The fraction of sp³-hybridized carbons (Fsp3) is 0.692. The summed E-state index contributed by atoms with van der Waals surface area (Å²) in [5.41, 5.74) is 0.956. The average Bonchev–Trinajstić information content (AvgIpc) is 3.26. The molecule has 1 saturated carbocycles. The first-order valence-electron chi connectivity index (χ1n) is 6.61. The monoisotopic (exact) mass is 266 g/mol. The highest BCUT2D eigenvalue weighted by Gasteiger charge is 2.20. The molecule has 0 spiro atoms. The van der Waals surface area contributed by atoms with Crippen molar-refractivity contribution in [3.8, 4) is 0 Å². The molecule has 0 bridgehead atoms. The Morgan fingerprint density at radius 2 is 2.21 bits per heavy atom. The molecule has 1 aliphatic carbocycles. The molecular weight excluding hydrogens is 244 g/mol. The molecule has 0 radical (unpaired) electrons. The van der Waals surface area contributed by atoms with Crippen LogP contribution >= 0.6 is 0 Å². The van der Waals surface area contributed by atoms with Crippen molar-refractivity contribution >= 4 is 5.82 Å². The minimum absolute atomic E-state index is 0.0139. The SMILES string of the molecule is COCC(CNc1cncc(CNC2CC2)n1)OC. The normalized spacial score (nSPS) is 16.3. The standard InChI is InChI=1S/C13H22N4O2/c1-18-9-12(19-2)7-16-13-8-14-5-11(17-13)6-15-10-3-4-10/h5,8,10,12,15H,3-4,6-7,9H2,1-2H3,(H,16,17). The third kappa shape index (κ3) is 5.10. The van der Waals surface area contributed by atoms with Crippen molar-refractivity contribution in [1.29, 1.82) is 0 Å². The van der Waals surface area contributed by atoms with E-state index in [1.807, 2.05) is 0 Å². The summed E-state index contributed by atoms with van der Waals surface area (Å²) in [4.78, 5) is 8.70. The van der Waals surface area contributed by atoms with Crippen LogP contribution in [0.15, 0.2) is 12.4 Å². The van der Waals surface area contributed by atoms with Gasteiger partial charge in [-0.3, -0.25) is 4.98 Å². The van der Waals surface area contributed by atoms with Crippen LogP contribution in [0.4, 0.5) is 5.82 Å². The Morgan fingerprint density at radius 3 is 2.89 bits per heavy atom. The number of hydrogen-bond donors (Lipinski definition) is 2. The van der Waals surface area contributed by atoms with Crippen molar-refractivity contribution in [1.82, 2.24) is 15.3 Å². The van der Waals surface area contributed by atoms with Crippen LogP contribution in [-0.4, -0.2) is 49.5 Å². The van der Waals surface area contributed by atoms with Gasteiger partial charge in [0.15, 0.2) is 0 Å². The van der Waals surface area contributed by atoms with Crippen LogP contribution in [0.25, 0.3) is 0 Å². The fourth-order valence-electron chi connectivity index (χ4n) is 1.73. The Hall–Kier alpha value is -1.24. The van der Waals surface area contributed by atoms with Gasteiger partial charge in [-0.15, -0.1) is 0 Å². The van der Waals surface area contributed by atoms with E-state index in [-0.39, 0.29) is 6.10 Å². The molecule has 0 amide bonds. The molecule has 1 aliphatic rings. The largest absolute Gasteiger partial charge is 0.382 e. The molecule has 2 N–H and O–H groups in total. The van der Waals surface area contributed by atoms with E-state index < -0.39 is 0 Å². The number of hydrogen-bond acceptors (Lipinski definition) is 6. The third-order valence-electron chi connectivity index (χ3n) is 3.03. The van der Waals surface area contributed by atoms with Gasteiger partial charge in [0.2, 0.25) is 0 Å². The lowest BCUT2D eigenvalue weighted by Gasteiger charge is -2.15. The summed E-state index contributed by atoms with van der Waals surface area (Å²) in [6, 6.07) is 0.679. The van der Waals surface area contributed by atoms with E-state index in [9.17, 15) is 0 Å². The second kappa shape index (κ2) is 7.37. The van der Waals surface area contributed by atoms with Crippen LogP contribution in [0.1, 0.15) is 18.5 Å². The summed E-state index contributed by atoms with van der Waals surface area (Å²) in [7, 11) is 3.34. The lowest BCUT2D eigenvalue weighted by atomic mass is 10.3. The van der Waals surface area contributed by atoms with Gasteiger partial charge in [-0.05, 0) is 12.8 Å².